The molecule has 3 heteroatoms. The first-order valence-corrected chi connectivity index (χ1v) is 5.55. The molecule has 0 aliphatic heterocycles. The van der Waals surface area contributed by atoms with Gasteiger partial charge in [0.1, 0.15) is 11.5 Å². The van der Waals surface area contributed by atoms with E-state index in [1.807, 2.05) is 31.2 Å². The average molecular weight is 232 g/mol. The van der Waals surface area contributed by atoms with Gasteiger partial charge in [0.25, 0.3) is 0 Å². The average Bonchev–Trinajstić information content (AvgIpc) is 2.76. The van der Waals surface area contributed by atoms with E-state index in [4.69, 9.17) is 9.15 Å². The van der Waals surface area contributed by atoms with Crippen LogP contribution in [0, 0.1) is 6.92 Å². The molecule has 0 aliphatic carbocycles. The van der Waals surface area contributed by atoms with Gasteiger partial charge in [0, 0.05) is 12.0 Å². The molecule has 0 radical (unpaired) electrons. The third-order valence-corrected chi connectivity index (χ3v) is 2.82. The fourth-order valence-electron chi connectivity index (χ4n) is 1.87. The van der Waals surface area contributed by atoms with Crippen LogP contribution in [-0.4, -0.2) is 12.2 Å². The smallest absolute Gasteiger partial charge is 0.119 e. The lowest BCUT2D eigenvalue weighted by atomic mass is 10.0. The second kappa shape index (κ2) is 5.06. The summed E-state index contributed by atoms with van der Waals surface area (Å²) < 4.78 is 10.3. The quantitative estimate of drug-likeness (QED) is 0.881. The standard InChI is InChI=1S/C14H16O3/c1-10-13(6-7-17-10)14(15)9-11-4-3-5-12(8-11)16-2/h3-8,14-15H,9H2,1-2H3. The molecule has 3 nitrogen and oxygen atoms in total. The molecule has 0 spiro atoms. The molecule has 0 fully saturated rings. The number of rotatable bonds is 4. The van der Waals surface area contributed by atoms with Crippen molar-refractivity contribution in [1.29, 1.82) is 0 Å². The molecule has 1 aromatic carbocycles. The van der Waals surface area contributed by atoms with Gasteiger partial charge >= 0.3 is 0 Å². The lowest BCUT2D eigenvalue weighted by molar-refractivity contribution is 0.176. The van der Waals surface area contributed by atoms with E-state index in [9.17, 15) is 5.11 Å². The number of furan rings is 1. The number of methoxy groups -OCH3 is 1. The summed E-state index contributed by atoms with van der Waals surface area (Å²) in [5.41, 5.74) is 1.88. The summed E-state index contributed by atoms with van der Waals surface area (Å²) in [6.45, 7) is 1.85. The number of ether oxygens (including phenoxy) is 1. The molecule has 0 aliphatic rings. The molecule has 0 saturated carbocycles. The van der Waals surface area contributed by atoms with Crippen molar-refractivity contribution >= 4 is 0 Å². The summed E-state index contributed by atoms with van der Waals surface area (Å²) in [6, 6.07) is 9.52. The van der Waals surface area contributed by atoms with Crippen molar-refractivity contribution in [1.82, 2.24) is 0 Å². The molecule has 2 rings (SSSR count). The van der Waals surface area contributed by atoms with Crippen molar-refractivity contribution in [3.63, 3.8) is 0 Å². The number of benzene rings is 1. The van der Waals surface area contributed by atoms with E-state index in [1.54, 1.807) is 19.4 Å². The van der Waals surface area contributed by atoms with E-state index in [1.165, 1.54) is 0 Å². The van der Waals surface area contributed by atoms with Crippen molar-refractivity contribution in [3.05, 3.63) is 53.5 Å². The topological polar surface area (TPSA) is 42.6 Å². The number of hydrogen-bond acceptors (Lipinski definition) is 3. The van der Waals surface area contributed by atoms with E-state index in [0.29, 0.717) is 6.42 Å². The largest absolute Gasteiger partial charge is 0.497 e. The molecule has 90 valence electrons. The summed E-state index contributed by atoms with van der Waals surface area (Å²) in [5, 5.41) is 10.1. The van der Waals surface area contributed by atoms with E-state index >= 15 is 0 Å². The van der Waals surface area contributed by atoms with Gasteiger partial charge in [-0.05, 0) is 30.7 Å². The Labute approximate surface area is 101 Å². The van der Waals surface area contributed by atoms with Gasteiger partial charge in [-0.1, -0.05) is 12.1 Å². The summed E-state index contributed by atoms with van der Waals surface area (Å²) in [5.74, 6) is 1.57. The minimum atomic E-state index is -0.541. The predicted octanol–water partition coefficient (Wildman–Crippen LogP) is 2.87. The third-order valence-electron chi connectivity index (χ3n) is 2.82. The Kier molecular flexibility index (Phi) is 3.49. The first kappa shape index (κ1) is 11.7. The Morgan fingerprint density at radius 2 is 2.18 bits per heavy atom. The van der Waals surface area contributed by atoms with Gasteiger partial charge < -0.3 is 14.3 Å². The molecule has 1 aromatic heterocycles. The predicted molar refractivity (Wildman–Crippen MR) is 65.1 cm³/mol. The molecule has 1 heterocycles. The maximum Gasteiger partial charge on any atom is 0.119 e. The number of aliphatic hydroxyl groups is 1. The highest BCUT2D eigenvalue weighted by molar-refractivity contribution is 5.30. The van der Waals surface area contributed by atoms with Crippen molar-refractivity contribution < 1.29 is 14.3 Å². The fraction of sp³-hybridized carbons (Fsp3) is 0.286. The lowest BCUT2D eigenvalue weighted by Crippen LogP contribution is -2.02. The second-order valence-electron chi connectivity index (χ2n) is 4.00. The van der Waals surface area contributed by atoms with Gasteiger partial charge in [-0.3, -0.25) is 0 Å². The van der Waals surface area contributed by atoms with Crippen molar-refractivity contribution in [2.75, 3.05) is 7.11 Å². The van der Waals surface area contributed by atoms with Crippen molar-refractivity contribution in [2.45, 2.75) is 19.4 Å². The van der Waals surface area contributed by atoms with E-state index in [0.717, 1.165) is 22.6 Å². The highest BCUT2D eigenvalue weighted by atomic mass is 16.5. The summed E-state index contributed by atoms with van der Waals surface area (Å²) >= 11 is 0. The molecule has 17 heavy (non-hydrogen) atoms. The Morgan fingerprint density at radius 1 is 1.35 bits per heavy atom. The fourth-order valence-corrected chi connectivity index (χ4v) is 1.87. The zero-order chi connectivity index (χ0) is 12.3. The number of hydrogen-bond donors (Lipinski definition) is 1. The molecule has 1 N–H and O–H groups in total. The maximum absolute atomic E-state index is 10.1. The van der Waals surface area contributed by atoms with Crippen LogP contribution in [0.15, 0.2) is 41.0 Å². The van der Waals surface area contributed by atoms with Crippen LogP contribution in [0.1, 0.15) is 23.0 Å². The second-order valence-corrected chi connectivity index (χ2v) is 4.00. The van der Waals surface area contributed by atoms with E-state index in [2.05, 4.69) is 0 Å². The molecular weight excluding hydrogens is 216 g/mol. The van der Waals surface area contributed by atoms with Gasteiger partial charge in [0.05, 0.1) is 19.5 Å². The zero-order valence-electron chi connectivity index (χ0n) is 10.0. The van der Waals surface area contributed by atoms with Crippen molar-refractivity contribution in [2.24, 2.45) is 0 Å². The monoisotopic (exact) mass is 232 g/mol. The SMILES string of the molecule is COc1cccc(CC(O)c2ccoc2C)c1. The van der Waals surface area contributed by atoms with Crippen LogP contribution in [0.3, 0.4) is 0 Å². The third kappa shape index (κ3) is 2.68. The maximum atomic E-state index is 10.1. The number of aryl methyl sites for hydroxylation is 1. The zero-order valence-corrected chi connectivity index (χ0v) is 10.0. The van der Waals surface area contributed by atoms with Crippen LogP contribution in [0.5, 0.6) is 5.75 Å². The first-order chi connectivity index (χ1) is 8.20. The van der Waals surface area contributed by atoms with Gasteiger partial charge in [-0.2, -0.15) is 0 Å². The van der Waals surface area contributed by atoms with E-state index < -0.39 is 6.10 Å². The Balaban J connectivity index is 2.13. The van der Waals surface area contributed by atoms with E-state index in [-0.39, 0.29) is 0 Å². The van der Waals surface area contributed by atoms with Crippen molar-refractivity contribution in [3.8, 4) is 5.75 Å². The van der Waals surface area contributed by atoms with Crippen LogP contribution in [0.2, 0.25) is 0 Å². The molecule has 0 amide bonds. The molecular formula is C14H16O3. The van der Waals surface area contributed by atoms with Gasteiger partial charge in [0.2, 0.25) is 0 Å². The summed E-state index contributed by atoms with van der Waals surface area (Å²) in [7, 11) is 1.63. The van der Waals surface area contributed by atoms with Gasteiger partial charge in [-0.15, -0.1) is 0 Å². The highest BCUT2D eigenvalue weighted by Crippen LogP contribution is 2.23. The minimum absolute atomic E-state index is 0.541. The molecule has 1 atom stereocenters. The minimum Gasteiger partial charge on any atom is -0.497 e. The van der Waals surface area contributed by atoms with Gasteiger partial charge in [-0.25, -0.2) is 0 Å². The normalized spacial score (nSPS) is 12.4. The first-order valence-electron chi connectivity index (χ1n) is 5.55. The number of aliphatic hydroxyl groups excluding tert-OH is 1. The lowest BCUT2D eigenvalue weighted by Gasteiger charge is -2.10. The van der Waals surface area contributed by atoms with Crippen LogP contribution in [0.25, 0.3) is 0 Å². The van der Waals surface area contributed by atoms with Crippen LogP contribution in [0.4, 0.5) is 0 Å². The highest BCUT2D eigenvalue weighted by Gasteiger charge is 2.13. The summed E-state index contributed by atoms with van der Waals surface area (Å²) in [4.78, 5) is 0. The van der Waals surface area contributed by atoms with Crippen LogP contribution < -0.4 is 4.74 Å². The molecule has 0 bridgehead atoms. The van der Waals surface area contributed by atoms with Crippen LogP contribution in [-0.2, 0) is 6.42 Å². The molecule has 1 unspecified atom stereocenters. The Bertz CT molecular complexity index is 488. The molecule has 2 aromatic rings. The van der Waals surface area contributed by atoms with Crippen LogP contribution >= 0.6 is 0 Å². The Hall–Kier alpha value is -1.74. The Morgan fingerprint density at radius 3 is 2.82 bits per heavy atom. The summed E-state index contributed by atoms with van der Waals surface area (Å²) in [6.07, 6.45) is 1.61. The van der Waals surface area contributed by atoms with Gasteiger partial charge in [0.15, 0.2) is 0 Å². The molecule has 0 saturated heterocycles.